The molecule has 1 N–H and O–H groups in total. The van der Waals surface area contributed by atoms with E-state index in [1.54, 1.807) is 0 Å². The molecule has 19 heavy (non-hydrogen) atoms. The lowest BCUT2D eigenvalue weighted by molar-refractivity contribution is 0.0684. The molecule has 1 aromatic rings. The number of carboxylic acid groups (broad SMARTS) is 1. The van der Waals surface area contributed by atoms with Gasteiger partial charge in [0.2, 0.25) is 0 Å². The van der Waals surface area contributed by atoms with Crippen molar-refractivity contribution in [3.05, 3.63) is 17.5 Å². The van der Waals surface area contributed by atoms with Gasteiger partial charge in [-0.15, -0.1) is 0 Å². The van der Waals surface area contributed by atoms with E-state index in [-0.39, 0.29) is 5.69 Å². The Kier molecular flexibility index (Phi) is 3.55. The van der Waals surface area contributed by atoms with Crippen LogP contribution >= 0.6 is 0 Å². The summed E-state index contributed by atoms with van der Waals surface area (Å²) >= 11 is 0. The van der Waals surface area contributed by atoms with Crippen molar-refractivity contribution in [2.24, 2.45) is 11.8 Å². The normalized spacial score (nSPS) is 28.0. The number of hydrogen-bond donors (Lipinski definition) is 1. The van der Waals surface area contributed by atoms with Crippen molar-refractivity contribution >= 4 is 5.97 Å². The van der Waals surface area contributed by atoms with Gasteiger partial charge in [-0.05, 0) is 31.2 Å². The summed E-state index contributed by atoms with van der Waals surface area (Å²) < 4.78 is 5.09. The molecule has 0 radical (unpaired) electrons. The van der Waals surface area contributed by atoms with Gasteiger partial charge in [-0.25, -0.2) is 4.79 Å². The van der Waals surface area contributed by atoms with E-state index >= 15 is 0 Å². The monoisotopic (exact) mass is 264 g/mol. The minimum Gasteiger partial charge on any atom is -0.476 e. The van der Waals surface area contributed by atoms with Crippen LogP contribution in [-0.4, -0.2) is 34.2 Å². The van der Waals surface area contributed by atoms with Crippen LogP contribution in [0.3, 0.4) is 0 Å². The number of rotatable bonds is 3. The molecule has 0 aromatic carbocycles. The lowest BCUT2D eigenvalue weighted by atomic mass is 9.75. The third-order valence-electron chi connectivity index (χ3n) is 4.53. The molecule has 0 amide bonds. The predicted molar refractivity (Wildman–Crippen MR) is 68.8 cm³/mol. The molecule has 1 aliphatic heterocycles. The standard InChI is InChI=1S/C14H20N2O3/c17-14(18)13-7-12(19-15-13)9-16-6-5-10-3-1-2-4-11(10)8-16/h7,10-11H,1-6,8-9H2,(H,17,18). The first kappa shape index (κ1) is 12.7. The fraction of sp³-hybridized carbons (Fsp3) is 0.714. The molecule has 1 saturated heterocycles. The topological polar surface area (TPSA) is 66.6 Å². The minimum atomic E-state index is -1.03. The van der Waals surface area contributed by atoms with Crippen molar-refractivity contribution in [2.75, 3.05) is 13.1 Å². The van der Waals surface area contributed by atoms with Crippen LogP contribution in [0.15, 0.2) is 10.6 Å². The van der Waals surface area contributed by atoms with E-state index in [4.69, 9.17) is 9.63 Å². The molecule has 104 valence electrons. The quantitative estimate of drug-likeness (QED) is 0.908. The molecule has 1 aromatic heterocycles. The van der Waals surface area contributed by atoms with Crippen LogP contribution in [0, 0.1) is 11.8 Å². The third kappa shape index (κ3) is 2.81. The molecule has 2 fully saturated rings. The lowest BCUT2D eigenvalue weighted by Crippen LogP contribution is -2.41. The number of aromatic carboxylic acids is 1. The van der Waals surface area contributed by atoms with Crippen molar-refractivity contribution < 1.29 is 14.4 Å². The van der Waals surface area contributed by atoms with Gasteiger partial charge in [0.25, 0.3) is 0 Å². The highest BCUT2D eigenvalue weighted by Gasteiger charge is 2.31. The van der Waals surface area contributed by atoms with Gasteiger partial charge in [-0.1, -0.05) is 24.4 Å². The van der Waals surface area contributed by atoms with Crippen molar-refractivity contribution in [2.45, 2.75) is 38.6 Å². The largest absolute Gasteiger partial charge is 0.476 e. The zero-order valence-electron chi connectivity index (χ0n) is 11.0. The second kappa shape index (κ2) is 5.33. The average Bonchev–Trinajstić information content (AvgIpc) is 2.87. The van der Waals surface area contributed by atoms with Crippen molar-refractivity contribution in [1.29, 1.82) is 0 Å². The average molecular weight is 264 g/mol. The van der Waals surface area contributed by atoms with E-state index in [2.05, 4.69) is 10.1 Å². The maximum atomic E-state index is 10.8. The highest BCUT2D eigenvalue weighted by molar-refractivity contribution is 5.85. The molecule has 2 unspecified atom stereocenters. The van der Waals surface area contributed by atoms with Crippen LogP contribution in [0.2, 0.25) is 0 Å². The van der Waals surface area contributed by atoms with Crippen LogP contribution in [-0.2, 0) is 6.54 Å². The first-order valence-electron chi connectivity index (χ1n) is 7.13. The summed E-state index contributed by atoms with van der Waals surface area (Å²) in [5, 5.41) is 12.4. The van der Waals surface area contributed by atoms with E-state index in [0.717, 1.165) is 24.9 Å². The van der Waals surface area contributed by atoms with Gasteiger partial charge in [-0.3, -0.25) is 4.90 Å². The van der Waals surface area contributed by atoms with E-state index in [1.807, 2.05) is 0 Å². The summed E-state index contributed by atoms with van der Waals surface area (Å²) in [6.07, 6.45) is 6.76. The maximum absolute atomic E-state index is 10.8. The van der Waals surface area contributed by atoms with Gasteiger partial charge in [-0.2, -0.15) is 0 Å². The molecule has 2 atom stereocenters. The summed E-state index contributed by atoms with van der Waals surface area (Å²) in [6, 6.07) is 1.54. The number of hydrogen-bond acceptors (Lipinski definition) is 4. The van der Waals surface area contributed by atoms with Gasteiger partial charge in [0, 0.05) is 12.6 Å². The lowest BCUT2D eigenvalue weighted by Gasteiger charge is -2.40. The van der Waals surface area contributed by atoms with Gasteiger partial charge >= 0.3 is 5.97 Å². The fourth-order valence-corrected chi connectivity index (χ4v) is 3.53. The molecule has 0 spiro atoms. The molecule has 2 aliphatic rings. The Hall–Kier alpha value is -1.36. The maximum Gasteiger partial charge on any atom is 0.358 e. The number of carboxylic acids is 1. The molecule has 5 nitrogen and oxygen atoms in total. The summed E-state index contributed by atoms with van der Waals surface area (Å²) in [5.74, 6) is 1.37. The molecular formula is C14H20N2O3. The summed E-state index contributed by atoms with van der Waals surface area (Å²) in [7, 11) is 0. The minimum absolute atomic E-state index is 0.00236. The Bertz CT molecular complexity index is 457. The Balaban J connectivity index is 1.59. The number of piperidine rings is 1. The van der Waals surface area contributed by atoms with Crippen LogP contribution in [0.1, 0.15) is 48.4 Å². The zero-order chi connectivity index (χ0) is 13.2. The van der Waals surface area contributed by atoms with Crippen LogP contribution in [0.25, 0.3) is 0 Å². The number of likely N-dealkylation sites (tertiary alicyclic amines) is 1. The van der Waals surface area contributed by atoms with E-state index in [1.165, 1.54) is 38.2 Å². The Morgan fingerprint density at radius 2 is 2.16 bits per heavy atom. The smallest absolute Gasteiger partial charge is 0.358 e. The predicted octanol–water partition coefficient (Wildman–Crippen LogP) is 2.38. The van der Waals surface area contributed by atoms with Gasteiger partial charge in [0.1, 0.15) is 0 Å². The Morgan fingerprint density at radius 3 is 2.89 bits per heavy atom. The Labute approximate surface area is 112 Å². The number of fused-ring (bicyclic) bond motifs is 1. The van der Waals surface area contributed by atoms with Crippen molar-refractivity contribution in [3.63, 3.8) is 0 Å². The summed E-state index contributed by atoms with van der Waals surface area (Å²) in [6.45, 7) is 2.89. The van der Waals surface area contributed by atoms with Crippen molar-refractivity contribution in [1.82, 2.24) is 10.1 Å². The first-order valence-corrected chi connectivity index (χ1v) is 7.13. The number of aromatic nitrogens is 1. The molecule has 1 aliphatic carbocycles. The molecule has 3 rings (SSSR count). The zero-order valence-corrected chi connectivity index (χ0v) is 11.0. The fourth-order valence-electron chi connectivity index (χ4n) is 3.53. The molecule has 2 heterocycles. The first-order chi connectivity index (χ1) is 9.22. The molecule has 5 heteroatoms. The SMILES string of the molecule is O=C(O)c1cc(CN2CCC3CCCCC3C2)on1. The van der Waals surface area contributed by atoms with Gasteiger partial charge in [0.05, 0.1) is 6.54 Å². The van der Waals surface area contributed by atoms with E-state index in [9.17, 15) is 4.79 Å². The summed E-state index contributed by atoms with van der Waals surface area (Å²) in [5.41, 5.74) is 0.00236. The van der Waals surface area contributed by atoms with Gasteiger partial charge in [0.15, 0.2) is 11.5 Å². The Morgan fingerprint density at radius 1 is 1.37 bits per heavy atom. The van der Waals surface area contributed by atoms with Crippen LogP contribution < -0.4 is 0 Å². The highest BCUT2D eigenvalue weighted by atomic mass is 16.5. The molecule has 0 bridgehead atoms. The van der Waals surface area contributed by atoms with E-state index in [0.29, 0.717) is 12.3 Å². The summed E-state index contributed by atoms with van der Waals surface area (Å²) in [4.78, 5) is 13.1. The van der Waals surface area contributed by atoms with E-state index < -0.39 is 5.97 Å². The second-order valence-electron chi connectivity index (χ2n) is 5.81. The van der Waals surface area contributed by atoms with Crippen molar-refractivity contribution in [3.8, 4) is 0 Å². The second-order valence-corrected chi connectivity index (χ2v) is 5.81. The molecule has 1 saturated carbocycles. The highest BCUT2D eigenvalue weighted by Crippen LogP contribution is 2.36. The molecular weight excluding hydrogens is 244 g/mol. The number of nitrogens with zero attached hydrogens (tertiary/aromatic N) is 2. The van der Waals surface area contributed by atoms with Crippen LogP contribution in [0.5, 0.6) is 0 Å². The third-order valence-corrected chi connectivity index (χ3v) is 4.53. The van der Waals surface area contributed by atoms with Gasteiger partial charge < -0.3 is 9.63 Å². The number of carbonyl (C=O) groups is 1. The van der Waals surface area contributed by atoms with Crippen LogP contribution in [0.4, 0.5) is 0 Å².